The maximum atomic E-state index is 2.37. The molecule has 3 heteroatoms. The van der Waals surface area contributed by atoms with Crippen LogP contribution in [0.1, 0.15) is 43.2 Å². The third-order valence-electron chi connectivity index (χ3n) is 4.42. The standard InChI is InChI=1S/C14H17.C9H7.2ClH.Zr/c1-2-3-4-7-12-10-11-13-8-5-6-9-14(12)13;1-2-5-9-7-3-6-8(9)4-1;;;/h3,5-6,8-12H,2,4,7H2,1H3;1-7H;2*1H;/q2*-1;;;+4/p-2. The van der Waals surface area contributed by atoms with Crippen LogP contribution in [0.4, 0.5) is 0 Å². The van der Waals surface area contributed by atoms with Gasteiger partial charge in [0.25, 0.3) is 0 Å². The van der Waals surface area contributed by atoms with Crippen molar-refractivity contribution in [2.24, 2.45) is 0 Å². The van der Waals surface area contributed by atoms with Gasteiger partial charge in [-0.15, -0.1) is 29.7 Å². The van der Waals surface area contributed by atoms with Crippen LogP contribution in [-0.2, 0) is 26.2 Å². The van der Waals surface area contributed by atoms with Crippen LogP contribution in [0.3, 0.4) is 0 Å². The van der Waals surface area contributed by atoms with Gasteiger partial charge in [-0.2, -0.15) is 30.4 Å². The van der Waals surface area contributed by atoms with E-state index >= 15 is 0 Å². The predicted molar refractivity (Wildman–Crippen MR) is 102 cm³/mol. The van der Waals surface area contributed by atoms with Gasteiger partial charge in [-0.05, 0) is 11.1 Å². The summed E-state index contributed by atoms with van der Waals surface area (Å²) >= 11 is 0. The van der Waals surface area contributed by atoms with Crippen molar-refractivity contribution in [1.82, 2.24) is 0 Å². The minimum absolute atomic E-state index is 0. The first-order valence-corrected chi connectivity index (χ1v) is 8.57. The Morgan fingerprint density at radius 2 is 1.69 bits per heavy atom. The zero-order valence-corrected chi connectivity index (χ0v) is 19.0. The molecule has 0 bridgehead atoms. The number of rotatable bonds is 4. The normalized spacial score (nSPS) is 13.5. The summed E-state index contributed by atoms with van der Waals surface area (Å²) in [5.41, 5.74) is 2.92. The van der Waals surface area contributed by atoms with Gasteiger partial charge in [-0.1, -0.05) is 55.8 Å². The number of allylic oxidation sites excluding steroid dienone is 1. The summed E-state index contributed by atoms with van der Waals surface area (Å²) in [5.74, 6) is 0.661. The van der Waals surface area contributed by atoms with Crippen LogP contribution in [-0.4, -0.2) is 0 Å². The molecule has 3 aromatic rings. The largest absolute Gasteiger partial charge is 4.00 e. The van der Waals surface area contributed by atoms with Crippen molar-refractivity contribution in [1.29, 1.82) is 0 Å². The van der Waals surface area contributed by atoms with Crippen molar-refractivity contribution >= 4 is 16.8 Å². The second-order valence-corrected chi connectivity index (χ2v) is 6.02. The second kappa shape index (κ2) is 13.4. The van der Waals surface area contributed by atoms with E-state index in [4.69, 9.17) is 0 Å². The summed E-state index contributed by atoms with van der Waals surface area (Å²) in [6.07, 6.45) is 10.7. The Hall–Kier alpha value is -0.747. The number of hydrogen-bond acceptors (Lipinski definition) is 0. The molecule has 3 aromatic carbocycles. The molecule has 26 heavy (non-hydrogen) atoms. The van der Waals surface area contributed by atoms with E-state index in [0.29, 0.717) is 5.92 Å². The van der Waals surface area contributed by atoms with Gasteiger partial charge in [0.15, 0.2) is 0 Å². The monoisotopic (exact) mass is 460 g/mol. The summed E-state index contributed by atoms with van der Waals surface area (Å²) in [7, 11) is 0. The minimum atomic E-state index is 0. The van der Waals surface area contributed by atoms with Crippen LogP contribution in [0.25, 0.3) is 16.8 Å². The van der Waals surface area contributed by atoms with Crippen molar-refractivity contribution in [3.05, 3.63) is 90.4 Å². The van der Waals surface area contributed by atoms with Crippen molar-refractivity contribution < 1.29 is 51.0 Å². The molecule has 1 aliphatic rings. The molecule has 0 spiro atoms. The van der Waals surface area contributed by atoms with Crippen molar-refractivity contribution in [2.75, 3.05) is 0 Å². The quantitative estimate of drug-likeness (QED) is 0.397. The summed E-state index contributed by atoms with van der Waals surface area (Å²) in [4.78, 5) is 0. The molecule has 0 aromatic heterocycles. The molecular formula is C23H24Cl2Zr. The summed E-state index contributed by atoms with van der Waals surface area (Å²) < 4.78 is 0. The summed E-state index contributed by atoms with van der Waals surface area (Å²) in [5, 5.41) is 2.66. The topological polar surface area (TPSA) is 0 Å². The van der Waals surface area contributed by atoms with Gasteiger partial charge in [0, 0.05) is 5.92 Å². The molecule has 0 N–H and O–H groups in total. The summed E-state index contributed by atoms with van der Waals surface area (Å²) in [6, 6.07) is 23.4. The average molecular weight is 463 g/mol. The molecule has 0 nitrogen and oxygen atoms in total. The van der Waals surface area contributed by atoms with E-state index in [-0.39, 0.29) is 51.0 Å². The van der Waals surface area contributed by atoms with Crippen molar-refractivity contribution in [3.8, 4) is 0 Å². The predicted octanol–water partition coefficient (Wildman–Crippen LogP) is 0.756. The molecule has 0 heterocycles. The Morgan fingerprint density at radius 3 is 2.46 bits per heavy atom. The SMILES string of the molecule is CC[CH-]CCC1C=Cc2ccccc21.[Cl-].[Cl-].[Zr+4].c1ccc2[cH-]ccc2c1. The second-order valence-electron chi connectivity index (χ2n) is 6.02. The Kier molecular flexibility index (Phi) is 13.0. The molecule has 0 fully saturated rings. The van der Waals surface area contributed by atoms with E-state index in [1.807, 2.05) is 0 Å². The zero-order chi connectivity index (χ0) is 15.9. The maximum Gasteiger partial charge on any atom is 4.00 e. The Balaban J connectivity index is 0.000000460. The Bertz CT molecular complexity index is 746. The van der Waals surface area contributed by atoms with Crippen molar-refractivity contribution in [3.63, 3.8) is 0 Å². The van der Waals surface area contributed by atoms with Crippen LogP contribution in [0.15, 0.2) is 72.8 Å². The fourth-order valence-electron chi connectivity index (χ4n) is 3.15. The number of hydrogen-bond donors (Lipinski definition) is 0. The van der Waals surface area contributed by atoms with Gasteiger partial charge in [0.1, 0.15) is 0 Å². The first-order chi connectivity index (χ1) is 11.4. The van der Waals surface area contributed by atoms with Gasteiger partial charge >= 0.3 is 26.2 Å². The maximum absolute atomic E-state index is 2.37. The third-order valence-corrected chi connectivity index (χ3v) is 4.42. The molecule has 1 aliphatic carbocycles. The molecule has 0 aliphatic heterocycles. The molecule has 4 rings (SSSR count). The van der Waals surface area contributed by atoms with Gasteiger partial charge in [0.05, 0.1) is 0 Å². The smallest absolute Gasteiger partial charge is 1.00 e. The Morgan fingerprint density at radius 1 is 0.962 bits per heavy atom. The Labute approximate surface area is 189 Å². The number of halogens is 2. The van der Waals surface area contributed by atoms with E-state index in [2.05, 4.69) is 92.2 Å². The van der Waals surface area contributed by atoms with E-state index in [0.717, 1.165) is 0 Å². The van der Waals surface area contributed by atoms with E-state index in [1.165, 1.54) is 41.2 Å². The molecule has 0 radical (unpaired) electrons. The molecule has 0 saturated carbocycles. The van der Waals surface area contributed by atoms with Crippen LogP contribution < -0.4 is 24.8 Å². The summed E-state index contributed by atoms with van der Waals surface area (Å²) in [6.45, 7) is 2.21. The van der Waals surface area contributed by atoms with Crippen LogP contribution in [0.2, 0.25) is 0 Å². The van der Waals surface area contributed by atoms with Crippen molar-refractivity contribution in [2.45, 2.75) is 32.1 Å². The van der Waals surface area contributed by atoms with Crippen LogP contribution in [0, 0.1) is 6.42 Å². The van der Waals surface area contributed by atoms with Gasteiger partial charge in [-0.25, -0.2) is 0 Å². The zero-order valence-electron chi connectivity index (χ0n) is 15.0. The van der Waals surface area contributed by atoms with Gasteiger partial charge < -0.3 is 31.2 Å². The fourth-order valence-corrected chi connectivity index (χ4v) is 3.15. The number of benzene rings is 2. The van der Waals surface area contributed by atoms with E-state index < -0.39 is 0 Å². The molecule has 0 saturated heterocycles. The van der Waals surface area contributed by atoms with Crippen LogP contribution >= 0.6 is 0 Å². The van der Waals surface area contributed by atoms with E-state index in [1.54, 1.807) is 0 Å². The molecule has 134 valence electrons. The molecule has 1 unspecified atom stereocenters. The van der Waals surface area contributed by atoms with Gasteiger partial charge in [-0.3, -0.25) is 0 Å². The molecule has 0 amide bonds. The molecular weight excluding hydrogens is 438 g/mol. The molecule has 1 atom stereocenters. The van der Waals surface area contributed by atoms with E-state index in [9.17, 15) is 0 Å². The van der Waals surface area contributed by atoms with Gasteiger partial charge in [0.2, 0.25) is 0 Å². The first kappa shape index (κ1) is 25.3. The first-order valence-electron chi connectivity index (χ1n) is 8.57. The fraction of sp³-hybridized carbons (Fsp3) is 0.217. The third kappa shape index (κ3) is 6.77. The number of unbranched alkanes of at least 4 members (excludes halogenated alkanes) is 2. The number of fused-ring (bicyclic) bond motifs is 2. The average Bonchev–Trinajstić information content (AvgIpc) is 3.23. The minimum Gasteiger partial charge on any atom is -1.00 e. The van der Waals surface area contributed by atoms with Crippen LogP contribution in [0.5, 0.6) is 0 Å².